The van der Waals surface area contributed by atoms with Gasteiger partial charge in [0.2, 0.25) is 5.89 Å². The number of anilines is 1. The first-order valence-electron chi connectivity index (χ1n) is 10.0. The van der Waals surface area contributed by atoms with E-state index in [-0.39, 0.29) is 11.9 Å². The standard InChI is InChI=1S/C22H18FN7O/c1-13-3-2-9-30-18(13)11-17(28-30)20-19-16(24-12-25-19)8-10-29(20)22-27-26-21(31-22)14-4-6-15(23)7-5-14/h2-7,9,11-12,20H,8,10H2,1H3,(H,24,25)/t20-/m0/s1. The van der Waals surface area contributed by atoms with Gasteiger partial charge in [-0.2, -0.15) is 5.10 Å². The summed E-state index contributed by atoms with van der Waals surface area (Å²) >= 11 is 0. The zero-order valence-electron chi connectivity index (χ0n) is 16.7. The predicted octanol–water partition coefficient (Wildman–Crippen LogP) is 3.71. The van der Waals surface area contributed by atoms with E-state index in [1.807, 2.05) is 21.7 Å². The highest BCUT2D eigenvalue weighted by atomic mass is 19.1. The fourth-order valence-electron chi connectivity index (χ4n) is 4.13. The number of imidazole rings is 1. The zero-order chi connectivity index (χ0) is 20.9. The van der Waals surface area contributed by atoms with Crippen molar-refractivity contribution in [1.82, 2.24) is 29.8 Å². The van der Waals surface area contributed by atoms with Crippen LogP contribution in [0.1, 0.15) is 28.7 Å². The van der Waals surface area contributed by atoms with Crippen LogP contribution in [0.15, 0.2) is 59.4 Å². The maximum Gasteiger partial charge on any atom is 0.319 e. The summed E-state index contributed by atoms with van der Waals surface area (Å²) in [6.45, 7) is 2.73. The van der Waals surface area contributed by atoms with Crippen LogP contribution in [0.25, 0.3) is 17.0 Å². The van der Waals surface area contributed by atoms with Crippen molar-refractivity contribution in [3.05, 3.63) is 83.5 Å². The second-order valence-corrected chi connectivity index (χ2v) is 7.60. The lowest BCUT2D eigenvalue weighted by Crippen LogP contribution is -2.36. The van der Waals surface area contributed by atoms with E-state index in [2.05, 4.69) is 39.2 Å². The predicted molar refractivity (Wildman–Crippen MR) is 111 cm³/mol. The molecule has 1 atom stereocenters. The number of hydrogen-bond donors (Lipinski definition) is 1. The molecule has 6 rings (SSSR count). The maximum absolute atomic E-state index is 13.3. The molecule has 0 unspecified atom stereocenters. The van der Waals surface area contributed by atoms with E-state index in [1.165, 1.54) is 12.1 Å². The molecule has 1 aromatic carbocycles. The van der Waals surface area contributed by atoms with E-state index in [9.17, 15) is 4.39 Å². The van der Waals surface area contributed by atoms with Gasteiger partial charge in [0.25, 0.3) is 0 Å². The fraction of sp³-hybridized carbons (Fsp3) is 0.182. The summed E-state index contributed by atoms with van der Waals surface area (Å²) in [6, 6.07) is 12.2. The van der Waals surface area contributed by atoms with Crippen molar-refractivity contribution < 1.29 is 8.81 Å². The molecule has 0 spiro atoms. The number of fused-ring (bicyclic) bond motifs is 2. The second kappa shape index (κ2) is 6.76. The van der Waals surface area contributed by atoms with E-state index in [0.29, 0.717) is 24.0 Å². The largest absolute Gasteiger partial charge is 0.403 e. The lowest BCUT2D eigenvalue weighted by molar-refractivity contribution is 0.503. The van der Waals surface area contributed by atoms with E-state index in [1.54, 1.807) is 18.5 Å². The molecule has 154 valence electrons. The number of benzene rings is 1. The minimum atomic E-state index is -0.312. The minimum absolute atomic E-state index is 0.268. The lowest BCUT2D eigenvalue weighted by atomic mass is 10.00. The summed E-state index contributed by atoms with van der Waals surface area (Å²) in [6.07, 6.45) is 4.41. The number of nitrogens with zero attached hydrogens (tertiary/aromatic N) is 6. The van der Waals surface area contributed by atoms with E-state index >= 15 is 0 Å². The van der Waals surface area contributed by atoms with Gasteiger partial charge in [-0.15, -0.1) is 5.10 Å². The second-order valence-electron chi connectivity index (χ2n) is 7.60. The Morgan fingerprint density at radius 2 is 2.03 bits per heavy atom. The van der Waals surface area contributed by atoms with Crippen LogP contribution in [0, 0.1) is 12.7 Å². The molecule has 4 aromatic heterocycles. The van der Waals surface area contributed by atoms with E-state index in [4.69, 9.17) is 9.52 Å². The van der Waals surface area contributed by atoms with Crippen molar-refractivity contribution in [3.63, 3.8) is 0 Å². The van der Waals surface area contributed by atoms with Gasteiger partial charge < -0.3 is 14.3 Å². The Bertz CT molecular complexity index is 1380. The number of nitrogens with one attached hydrogen (secondary N) is 1. The Kier molecular flexibility index (Phi) is 3.89. The van der Waals surface area contributed by atoms with Crippen LogP contribution < -0.4 is 4.90 Å². The summed E-state index contributed by atoms with van der Waals surface area (Å²) in [5.41, 5.74) is 5.67. The Balaban J connectivity index is 1.44. The minimum Gasteiger partial charge on any atom is -0.403 e. The summed E-state index contributed by atoms with van der Waals surface area (Å²) in [5, 5.41) is 13.3. The molecule has 0 aliphatic carbocycles. The molecule has 0 saturated carbocycles. The highest BCUT2D eigenvalue weighted by Crippen LogP contribution is 2.37. The topological polar surface area (TPSA) is 88.1 Å². The van der Waals surface area contributed by atoms with Gasteiger partial charge in [-0.05, 0) is 48.9 Å². The quantitative estimate of drug-likeness (QED) is 0.483. The van der Waals surface area contributed by atoms with Crippen molar-refractivity contribution >= 4 is 11.5 Å². The Labute approximate surface area is 176 Å². The molecule has 8 nitrogen and oxygen atoms in total. The van der Waals surface area contributed by atoms with Crippen molar-refractivity contribution in [3.8, 4) is 11.5 Å². The number of aromatic amines is 1. The molecule has 1 N–H and O–H groups in total. The average Bonchev–Trinajstić information content (AvgIpc) is 3.52. The Morgan fingerprint density at radius 1 is 1.16 bits per heavy atom. The fourth-order valence-corrected chi connectivity index (χ4v) is 4.13. The number of hydrogen-bond acceptors (Lipinski definition) is 6. The van der Waals surface area contributed by atoms with Crippen LogP contribution in [0.5, 0.6) is 0 Å². The van der Waals surface area contributed by atoms with Crippen LogP contribution in [0.4, 0.5) is 10.4 Å². The normalized spacial score (nSPS) is 16.1. The third-order valence-electron chi connectivity index (χ3n) is 5.69. The molecule has 0 saturated heterocycles. The van der Waals surface area contributed by atoms with E-state index < -0.39 is 0 Å². The number of aromatic nitrogens is 6. The Morgan fingerprint density at radius 3 is 2.87 bits per heavy atom. The maximum atomic E-state index is 13.3. The monoisotopic (exact) mass is 415 g/mol. The summed E-state index contributed by atoms with van der Waals surface area (Å²) in [7, 11) is 0. The van der Waals surface area contributed by atoms with Crippen molar-refractivity contribution in [1.29, 1.82) is 0 Å². The number of pyridine rings is 1. The van der Waals surface area contributed by atoms with Gasteiger partial charge in [0.1, 0.15) is 11.9 Å². The summed E-state index contributed by atoms with van der Waals surface area (Å²) in [5.74, 6) is 0.0280. The SMILES string of the molecule is Cc1cccn2nc([C@H]3c4nc[nH]c4CCN3c3nnc(-c4ccc(F)cc4)o3)cc12. The first-order valence-corrected chi connectivity index (χ1v) is 10.0. The van der Waals surface area contributed by atoms with Gasteiger partial charge in [-0.25, -0.2) is 13.9 Å². The molecule has 31 heavy (non-hydrogen) atoms. The summed E-state index contributed by atoms with van der Waals surface area (Å²) < 4.78 is 21.1. The summed E-state index contributed by atoms with van der Waals surface area (Å²) in [4.78, 5) is 9.84. The molecular weight excluding hydrogens is 397 g/mol. The third-order valence-corrected chi connectivity index (χ3v) is 5.69. The van der Waals surface area contributed by atoms with Crippen molar-refractivity contribution in [2.45, 2.75) is 19.4 Å². The van der Waals surface area contributed by atoms with Gasteiger partial charge in [0, 0.05) is 30.4 Å². The molecule has 9 heteroatoms. The zero-order valence-corrected chi connectivity index (χ0v) is 16.7. The molecule has 0 radical (unpaired) electrons. The molecule has 0 bridgehead atoms. The molecule has 5 heterocycles. The number of rotatable bonds is 3. The number of halogens is 1. The van der Waals surface area contributed by atoms with Gasteiger partial charge in [-0.3, -0.25) is 0 Å². The smallest absolute Gasteiger partial charge is 0.319 e. The van der Waals surface area contributed by atoms with Crippen LogP contribution >= 0.6 is 0 Å². The van der Waals surface area contributed by atoms with Crippen LogP contribution in [-0.2, 0) is 6.42 Å². The highest BCUT2D eigenvalue weighted by molar-refractivity contribution is 5.58. The van der Waals surface area contributed by atoms with Crippen LogP contribution in [0.3, 0.4) is 0 Å². The van der Waals surface area contributed by atoms with Crippen LogP contribution in [0.2, 0.25) is 0 Å². The van der Waals surface area contributed by atoms with E-state index in [0.717, 1.165) is 34.6 Å². The van der Waals surface area contributed by atoms with Gasteiger partial charge in [0.15, 0.2) is 0 Å². The molecule has 1 aliphatic heterocycles. The van der Waals surface area contributed by atoms with Crippen molar-refractivity contribution in [2.75, 3.05) is 11.4 Å². The molecule has 0 fully saturated rings. The number of H-pyrrole nitrogens is 1. The van der Waals surface area contributed by atoms with Gasteiger partial charge in [0.05, 0.1) is 23.2 Å². The Hall–Kier alpha value is -4.01. The van der Waals surface area contributed by atoms with Gasteiger partial charge in [-0.1, -0.05) is 11.2 Å². The highest BCUT2D eigenvalue weighted by Gasteiger charge is 2.36. The van der Waals surface area contributed by atoms with Gasteiger partial charge >= 0.3 is 6.01 Å². The first-order chi connectivity index (χ1) is 15.2. The number of aryl methyl sites for hydroxylation is 1. The lowest BCUT2D eigenvalue weighted by Gasteiger charge is -2.32. The molecule has 1 aliphatic rings. The third kappa shape index (κ3) is 2.89. The molecule has 5 aromatic rings. The first kappa shape index (κ1) is 17.8. The average molecular weight is 415 g/mol. The van der Waals surface area contributed by atoms with Crippen LogP contribution in [-0.4, -0.2) is 36.3 Å². The molecular formula is C22H18FN7O. The molecule has 0 amide bonds. The van der Waals surface area contributed by atoms with Crippen molar-refractivity contribution in [2.24, 2.45) is 0 Å².